The highest BCUT2D eigenvalue weighted by Gasteiger charge is 2.32. The lowest BCUT2D eigenvalue weighted by Crippen LogP contribution is -2.53. The van der Waals surface area contributed by atoms with Crippen LogP contribution < -0.4 is 14.8 Å². The summed E-state index contributed by atoms with van der Waals surface area (Å²) in [6.07, 6.45) is 4.60. The molecule has 4 rings (SSSR count). The molecule has 37 heavy (non-hydrogen) atoms. The summed E-state index contributed by atoms with van der Waals surface area (Å²) in [7, 11) is 1.62. The third-order valence-electron chi connectivity index (χ3n) is 6.90. The van der Waals surface area contributed by atoms with Crippen molar-refractivity contribution in [3.63, 3.8) is 0 Å². The fourth-order valence-corrected chi connectivity index (χ4v) is 4.83. The van der Waals surface area contributed by atoms with E-state index in [-0.39, 0.29) is 31.0 Å². The zero-order valence-corrected chi connectivity index (χ0v) is 21.7. The lowest BCUT2D eigenvalue weighted by atomic mass is 10.0. The molecule has 0 saturated heterocycles. The number of methoxy groups -OCH3 is 1. The van der Waals surface area contributed by atoms with Crippen LogP contribution in [0.3, 0.4) is 0 Å². The zero-order valence-electron chi connectivity index (χ0n) is 21.7. The molecule has 3 aromatic rings. The zero-order chi connectivity index (χ0) is 26.0. The summed E-state index contributed by atoms with van der Waals surface area (Å²) in [5.41, 5.74) is 2.84. The van der Waals surface area contributed by atoms with Crippen molar-refractivity contribution in [3.05, 3.63) is 95.6 Å². The Morgan fingerprint density at radius 1 is 0.946 bits per heavy atom. The van der Waals surface area contributed by atoms with Crippen LogP contribution in [0.1, 0.15) is 42.4 Å². The van der Waals surface area contributed by atoms with Crippen LogP contribution in [0.25, 0.3) is 0 Å². The van der Waals surface area contributed by atoms with E-state index in [9.17, 15) is 9.59 Å². The molecule has 0 unspecified atom stereocenters. The standard InChI is InChI=1S/C31H36N2O4/c1-23-11-6-9-18-29(23)37-22-30(34)33(21-25-14-10-17-27(19-25)36-2)28(20-24-12-4-3-5-13-24)31(35)32-26-15-7-8-16-26/h3-6,9-14,17-19,26,28H,7-8,15-16,20-22H2,1-2H3,(H,32,35)/t28-/m1/s1. The summed E-state index contributed by atoms with van der Waals surface area (Å²) in [5, 5.41) is 3.23. The highest BCUT2D eigenvalue weighted by molar-refractivity contribution is 5.88. The van der Waals surface area contributed by atoms with E-state index in [1.165, 1.54) is 0 Å². The number of nitrogens with one attached hydrogen (secondary N) is 1. The average molecular weight is 501 g/mol. The van der Waals surface area contributed by atoms with Crippen molar-refractivity contribution in [3.8, 4) is 11.5 Å². The van der Waals surface area contributed by atoms with Crippen molar-refractivity contribution >= 4 is 11.8 Å². The topological polar surface area (TPSA) is 67.9 Å². The summed E-state index contributed by atoms with van der Waals surface area (Å²) in [5.74, 6) is 1.000. The summed E-state index contributed by atoms with van der Waals surface area (Å²) in [4.78, 5) is 29.1. The Labute approximate surface area is 219 Å². The van der Waals surface area contributed by atoms with Crippen molar-refractivity contribution in [2.75, 3.05) is 13.7 Å². The molecule has 0 heterocycles. The van der Waals surface area contributed by atoms with Crippen LogP contribution in [0, 0.1) is 6.92 Å². The molecule has 2 amide bonds. The van der Waals surface area contributed by atoms with Crippen molar-refractivity contribution in [1.29, 1.82) is 0 Å². The molecule has 0 radical (unpaired) electrons. The van der Waals surface area contributed by atoms with Gasteiger partial charge in [-0.1, -0.05) is 73.5 Å². The van der Waals surface area contributed by atoms with Gasteiger partial charge in [-0.25, -0.2) is 0 Å². The molecular weight excluding hydrogens is 464 g/mol. The number of nitrogens with zero attached hydrogens (tertiary/aromatic N) is 1. The predicted octanol–water partition coefficient (Wildman–Crippen LogP) is 5.08. The van der Waals surface area contributed by atoms with Gasteiger partial charge in [-0.15, -0.1) is 0 Å². The molecule has 1 N–H and O–H groups in total. The van der Waals surface area contributed by atoms with Gasteiger partial charge in [-0.2, -0.15) is 0 Å². The third kappa shape index (κ3) is 7.35. The van der Waals surface area contributed by atoms with Crippen molar-refractivity contribution in [2.24, 2.45) is 0 Å². The molecule has 0 spiro atoms. The second kappa shape index (κ2) is 12.9. The minimum atomic E-state index is -0.679. The number of carbonyl (C=O) groups is 2. The Hall–Kier alpha value is -3.80. The van der Waals surface area contributed by atoms with Gasteiger partial charge in [0.2, 0.25) is 5.91 Å². The lowest BCUT2D eigenvalue weighted by molar-refractivity contribution is -0.143. The molecule has 6 nitrogen and oxygen atoms in total. The van der Waals surface area contributed by atoms with Gasteiger partial charge in [-0.3, -0.25) is 9.59 Å². The first-order valence-electron chi connectivity index (χ1n) is 13.0. The van der Waals surface area contributed by atoms with Gasteiger partial charge in [0.25, 0.3) is 5.91 Å². The first-order chi connectivity index (χ1) is 18.0. The molecule has 1 saturated carbocycles. The van der Waals surface area contributed by atoms with Crippen LogP contribution in [-0.2, 0) is 22.6 Å². The van der Waals surface area contributed by atoms with Crippen molar-refractivity contribution in [1.82, 2.24) is 10.2 Å². The number of benzene rings is 3. The molecule has 194 valence electrons. The number of ether oxygens (including phenoxy) is 2. The number of para-hydroxylation sites is 1. The highest BCUT2D eigenvalue weighted by atomic mass is 16.5. The smallest absolute Gasteiger partial charge is 0.261 e. The predicted molar refractivity (Wildman–Crippen MR) is 145 cm³/mol. The van der Waals surface area contributed by atoms with Crippen molar-refractivity contribution < 1.29 is 19.1 Å². The number of amides is 2. The van der Waals surface area contributed by atoms with Gasteiger partial charge < -0.3 is 19.7 Å². The highest BCUT2D eigenvalue weighted by Crippen LogP contribution is 2.22. The molecule has 1 atom stereocenters. The monoisotopic (exact) mass is 500 g/mol. The molecule has 0 aliphatic heterocycles. The van der Waals surface area contributed by atoms with Crippen molar-refractivity contribution in [2.45, 2.75) is 57.7 Å². The molecule has 3 aromatic carbocycles. The van der Waals surface area contributed by atoms with Crippen LogP contribution in [0.15, 0.2) is 78.9 Å². The summed E-state index contributed by atoms with van der Waals surface area (Å²) in [6.45, 7) is 2.06. The maximum absolute atomic E-state index is 13.7. The fourth-order valence-electron chi connectivity index (χ4n) is 4.83. The number of hydrogen-bond acceptors (Lipinski definition) is 4. The third-order valence-corrected chi connectivity index (χ3v) is 6.90. The van der Waals surface area contributed by atoms with E-state index in [1.807, 2.05) is 85.8 Å². The summed E-state index contributed by atoms with van der Waals surface area (Å²) >= 11 is 0. The maximum atomic E-state index is 13.7. The van der Waals surface area contributed by atoms with Gasteiger partial charge in [0, 0.05) is 19.0 Å². The van der Waals surface area contributed by atoms with Crippen LogP contribution >= 0.6 is 0 Å². The Bertz CT molecular complexity index is 1170. The maximum Gasteiger partial charge on any atom is 0.261 e. The van der Waals surface area contributed by atoms with Crippen LogP contribution in [-0.4, -0.2) is 42.5 Å². The Morgan fingerprint density at radius 3 is 2.38 bits per heavy atom. The molecule has 1 aliphatic carbocycles. The Morgan fingerprint density at radius 2 is 1.65 bits per heavy atom. The molecule has 1 fully saturated rings. The first-order valence-corrected chi connectivity index (χ1v) is 13.0. The van der Waals surface area contributed by atoms with Gasteiger partial charge in [-0.05, 0) is 54.7 Å². The second-order valence-electron chi connectivity index (χ2n) is 9.62. The van der Waals surface area contributed by atoms with Crippen LogP contribution in [0.2, 0.25) is 0 Å². The average Bonchev–Trinajstić information content (AvgIpc) is 3.43. The summed E-state index contributed by atoms with van der Waals surface area (Å²) in [6, 6.07) is 24.5. The molecular formula is C31H36N2O4. The minimum Gasteiger partial charge on any atom is -0.497 e. The van der Waals surface area contributed by atoms with Gasteiger partial charge in [0.1, 0.15) is 17.5 Å². The fraction of sp³-hybridized carbons (Fsp3) is 0.355. The van der Waals surface area contributed by atoms with Gasteiger partial charge >= 0.3 is 0 Å². The first kappa shape index (κ1) is 26.3. The Kier molecular flexibility index (Phi) is 9.19. The lowest BCUT2D eigenvalue weighted by Gasteiger charge is -2.32. The van der Waals surface area contributed by atoms with E-state index in [4.69, 9.17) is 9.47 Å². The largest absolute Gasteiger partial charge is 0.497 e. The normalized spacial score (nSPS) is 14.1. The van der Waals surface area contributed by atoms with Crippen LogP contribution in [0.4, 0.5) is 0 Å². The quantitative estimate of drug-likeness (QED) is 0.399. The van der Waals surface area contributed by atoms with E-state index in [1.54, 1.807) is 12.0 Å². The molecule has 0 aromatic heterocycles. The van der Waals surface area contributed by atoms with Gasteiger partial charge in [0.15, 0.2) is 6.61 Å². The summed E-state index contributed by atoms with van der Waals surface area (Å²) < 4.78 is 11.3. The number of hydrogen-bond donors (Lipinski definition) is 1. The van der Waals surface area contributed by atoms with E-state index in [2.05, 4.69) is 5.32 Å². The van der Waals surface area contributed by atoms with Gasteiger partial charge in [0.05, 0.1) is 7.11 Å². The number of aryl methyl sites for hydroxylation is 1. The van der Waals surface area contributed by atoms with Crippen LogP contribution in [0.5, 0.6) is 11.5 Å². The van der Waals surface area contributed by atoms with E-state index >= 15 is 0 Å². The molecule has 0 bridgehead atoms. The number of carbonyl (C=O) groups excluding carboxylic acids is 2. The SMILES string of the molecule is COc1cccc(CN(C(=O)COc2ccccc2C)[C@H](Cc2ccccc2)C(=O)NC2CCCC2)c1. The van der Waals surface area contributed by atoms with E-state index in [0.29, 0.717) is 17.9 Å². The van der Waals surface area contributed by atoms with E-state index < -0.39 is 6.04 Å². The number of rotatable bonds is 11. The van der Waals surface area contributed by atoms with E-state index in [0.717, 1.165) is 42.4 Å². The molecule has 1 aliphatic rings. The second-order valence-corrected chi connectivity index (χ2v) is 9.62. The minimum absolute atomic E-state index is 0.122. The Balaban J connectivity index is 1.63. The molecule has 6 heteroatoms.